The summed E-state index contributed by atoms with van der Waals surface area (Å²) < 4.78 is 32.0. The molecule has 0 aliphatic heterocycles. The van der Waals surface area contributed by atoms with Crippen LogP contribution in [-0.2, 0) is 9.84 Å². The molecule has 23 heavy (non-hydrogen) atoms. The van der Waals surface area contributed by atoms with E-state index in [-0.39, 0.29) is 9.99 Å². The lowest BCUT2D eigenvalue weighted by Crippen LogP contribution is -2.02. The van der Waals surface area contributed by atoms with Crippen molar-refractivity contribution in [3.8, 4) is 11.5 Å². The molecule has 0 saturated carbocycles. The number of benzene rings is 2. The van der Waals surface area contributed by atoms with E-state index in [9.17, 15) is 8.42 Å². The fourth-order valence-electron chi connectivity index (χ4n) is 2.17. The van der Waals surface area contributed by atoms with Crippen LogP contribution in [-0.4, -0.2) is 13.4 Å². The maximum absolute atomic E-state index is 12.7. The number of halogens is 1. The minimum atomic E-state index is -3.72. The Labute approximate surface area is 143 Å². The monoisotopic (exact) mass is 391 g/mol. The van der Waals surface area contributed by atoms with Crippen LogP contribution in [0.3, 0.4) is 0 Å². The minimum absolute atomic E-state index is 0.112. The summed E-state index contributed by atoms with van der Waals surface area (Å²) in [5.41, 5.74) is 2.07. The second-order valence-electron chi connectivity index (χ2n) is 5.22. The van der Waals surface area contributed by atoms with Crippen LogP contribution >= 0.6 is 15.9 Å². The maximum Gasteiger partial charge on any atom is 0.246 e. The molecule has 4 nitrogen and oxygen atoms in total. The van der Waals surface area contributed by atoms with Gasteiger partial charge in [0.15, 0.2) is 0 Å². The lowest BCUT2D eigenvalue weighted by Gasteiger charge is -2.02. The fourth-order valence-corrected chi connectivity index (χ4v) is 3.77. The number of oxazole rings is 1. The van der Waals surface area contributed by atoms with Gasteiger partial charge in [0.05, 0.1) is 10.6 Å². The van der Waals surface area contributed by atoms with Gasteiger partial charge in [0.2, 0.25) is 20.8 Å². The molecule has 1 heterocycles. The summed E-state index contributed by atoms with van der Waals surface area (Å²) in [6.07, 6.45) is 0. The quantitative estimate of drug-likeness (QED) is 0.656. The van der Waals surface area contributed by atoms with Crippen LogP contribution in [0.25, 0.3) is 11.5 Å². The lowest BCUT2D eigenvalue weighted by atomic mass is 10.2. The van der Waals surface area contributed by atoms with Crippen LogP contribution in [0.15, 0.2) is 67.4 Å². The van der Waals surface area contributed by atoms with E-state index in [2.05, 4.69) is 20.9 Å². The third kappa shape index (κ3) is 3.09. The van der Waals surface area contributed by atoms with Gasteiger partial charge in [0.1, 0.15) is 0 Å². The summed E-state index contributed by atoms with van der Waals surface area (Å²) in [4.78, 5) is 4.46. The first kappa shape index (κ1) is 16.0. The number of aromatic nitrogens is 1. The highest BCUT2D eigenvalue weighted by Crippen LogP contribution is 2.29. The predicted octanol–water partition coefficient (Wildman–Crippen LogP) is 4.55. The molecular formula is C17H14BrNO3S. The fraction of sp³-hybridized carbons (Fsp3) is 0.118. The molecule has 118 valence electrons. The molecule has 3 aromatic rings. The largest absolute Gasteiger partial charge is 0.424 e. The van der Waals surface area contributed by atoms with Crippen LogP contribution in [0.1, 0.15) is 11.3 Å². The Hall–Kier alpha value is -1.92. The molecule has 1 aromatic heterocycles. The van der Waals surface area contributed by atoms with Crippen molar-refractivity contribution in [1.29, 1.82) is 0 Å². The van der Waals surface area contributed by atoms with E-state index in [4.69, 9.17) is 4.42 Å². The van der Waals surface area contributed by atoms with E-state index >= 15 is 0 Å². The molecule has 2 aromatic carbocycles. The van der Waals surface area contributed by atoms with E-state index in [1.807, 2.05) is 31.2 Å². The lowest BCUT2D eigenvalue weighted by molar-refractivity contribution is 0.455. The Bertz CT molecular complexity index is 943. The summed E-state index contributed by atoms with van der Waals surface area (Å²) in [5, 5.41) is -0.112. The SMILES string of the molecule is Cc1ccc(S(=O)(=O)c2oc(-c3ccc(Br)cc3)nc2C)cc1. The average molecular weight is 392 g/mol. The first-order valence-corrected chi connectivity index (χ1v) is 9.20. The Balaban J connectivity index is 2.07. The highest BCUT2D eigenvalue weighted by atomic mass is 79.9. The second-order valence-corrected chi connectivity index (χ2v) is 7.98. The Kier molecular flexibility index (Phi) is 4.12. The summed E-state index contributed by atoms with van der Waals surface area (Å²) in [6, 6.07) is 14.0. The standard InChI is InChI=1S/C17H14BrNO3S/c1-11-3-9-15(10-4-11)23(20,21)17-12(2)19-16(22-17)13-5-7-14(18)8-6-13/h3-10H,1-2H3. The Morgan fingerprint density at radius 2 is 1.57 bits per heavy atom. The molecule has 0 unspecified atom stereocenters. The van der Waals surface area contributed by atoms with E-state index in [1.165, 1.54) is 0 Å². The summed E-state index contributed by atoms with van der Waals surface area (Å²) in [5.74, 6) is 0.292. The zero-order valence-corrected chi connectivity index (χ0v) is 15.0. The van der Waals surface area contributed by atoms with Crippen LogP contribution in [0.5, 0.6) is 0 Å². The molecule has 0 saturated heterocycles. The van der Waals surface area contributed by atoms with Crippen molar-refractivity contribution in [2.75, 3.05) is 0 Å². The van der Waals surface area contributed by atoms with Crippen LogP contribution in [0.2, 0.25) is 0 Å². The first-order valence-electron chi connectivity index (χ1n) is 6.93. The topological polar surface area (TPSA) is 60.2 Å². The minimum Gasteiger partial charge on any atom is -0.424 e. The zero-order valence-electron chi connectivity index (χ0n) is 12.6. The van der Waals surface area contributed by atoms with Gasteiger partial charge in [-0.3, -0.25) is 0 Å². The molecule has 0 atom stereocenters. The van der Waals surface area contributed by atoms with Gasteiger partial charge < -0.3 is 4.42 Å². The van der Waals surface area contributed by atoms with E-state index in [0.717, 1.165) is 15.6 Å². The first-order chi connectivity index (χ1) is 10.9. The van der Waals surface area contributed by atoms with Crippen molar-refractivity contribution in [2.24, 2.45) is 0 Å². The number of hydrogen-bond acceptors (Lipinski definition) is 4. The number of aryl methyl sites for hydroxylation is 2. The van der Waals surface area contributed by atoms with Gasteiger partial charge >= 0.3 is 0 Å². The van der Waals surface area contributed by atoms with Gasteiger partial charge in [-0.2, -0.15) is 0 Å². The molecule has 0 radical (unpaired) electrons. The van der Waals surface area contributed by atoms with Crippen molar-refractivity contribution in [3.63, 3.8) is 0 Å². The van der Waals surface area contributed by atoms with Gasteiger partial charge in [-0.05, 0) is 50.2 Å². The van der Waals surface area contributed by atoms with Gasteiger partial charge in [-0.15, -0.1) is 0 Å². The highest BCUT2D eigenvalue weighted by molar-refractivity contribution is 9.10. The molecular weight excluding hydrogens is 378 g/mol. The van der Waals surface area contributed by atoms with E-state index < -0.39 is 9.84 Å². The number of sulfone groups is 1. The maximum atomic E-state index is 12.7. The summed E-state index contributed by atoms with van der Waals surface area (Å²) in [7, 11) is -3.72. The summed E-state index contributed by atoms with van der Waals surface area (Å²) >= 11 is 3.36. The zero-order chi connectivity index (χ0) is 16.6. The van der Waals surface area contributed by atoms with Crippen molar-refractivity contribution < 1.29 is 12.8 Å². The predicted molar refractivity (Wildman–Crippen MR) is 91.0 cm³/mol. The smallest absolute Gasteiger partial charge is 0.246 e. The Morgan fingerprint density at radius 3 is 2.17 bits per heavy atom. The van der Waals surface area contributed by atoms with E-state index in [0.29, 0.717) is 11.6 Å². The molecule has 0 amide bonds. The Morgan fingerprint density at radius 1 is 0.957 bits per heavy atom. The molecule has 0 N–H and O–H groups in total. The van der Waals surface area contributed by atoms with Gasteiger partial charge in [-0.25, -0.2) is 13.4 Å². The second kappa shape index (κ2) is 5.94. The number of hydrogen-bond donors (Lipinski definition) is 0. The molecule has 0 aliphatic rings. The van der Waals surface area contributed by atoms with Crippen molar-refractivity contribution in [1.82, 2.24) is 4.98 Å². The number of nitrogens with zero attached hydrogens (tertiary/aromatic N) is 1. The van der Waals surface area contributed by atoms with Crippen LogP contribution in [0, 0.1) is 13.8 Å². The number of rotatable bonds is 3. The molecule has 0 bridgehead atoms. The van der Waals surface area contributed by atoms with Crippen LogP contribution in [0.4, 0.5) is 0 Å². The van der Waals surface area contributed by atoms with Crippen molar-refractivity contribution in [3.05, 3.63) is 64.3 Å². The molecule has 0 aliphatic carbocycles. The van der Waals surface area contributed by atoms with Crippen molar-refractivity contribution in [2.45, 2.75) is 23.8 Å². The normalized spacial score (nSPS) is 11.6. The van der Waals surface area contributed by atoms with E-state index in [1.54, 1.807) is 31.2 Å². The summed E-state index contributed by atoms with van der Waals surface area (Å²) in [6.45, 7) is 3.54. The third-order valence-corrected chi connectivity index (χ3v) is 5.71. The average Bonchev–Trinajstić information content (AvgIpc) is 2.91. The van der Waals surface area contributed by atoms with Gasteiger partial charge in [0, 0.05) is 10.0 Å². The van der Waals surface area contributed by atoms with Crippen LogP contribution < -0.4 is 0 Å². The molecule has 6 heteroatoms. The molecule has 0 fully saturated rings. The third-order valence-electron chi connectivity index (χ3n) is 3.42. The molecule has 0 spiro atoms. The van der Waals surface area contributed by atoms with Gasteiger partial charge in [-0.1, -0.05) is 33.6 Å². The van der Waals surface area contributed by atoms with Crippen molar-refractivity contribution >= 4 is 25.8 Å². The molecule has 3 rings (SSSR count). The highest BCUT2D eigenvalue weighted by Gasteiger charge is 2.26. The van der Waals surface area contributed by atoms with Gasteiger partial charge in [0.25, 0.3) is 0 Å².